The smallest absolute Gasteiger partial charge is 0.416 e. The van der Waals surface area contributed by atoms with E-state index < -0.39 is 11.7 Å². The van der Waals surface area contributed by atoms with E-state index in [1.54, 1.807) is 19.2 Å². The summed E-state index contributed by atoms with van der Waals surface area (Å²) < 4.78 is 42.2. The molecule has 2 aromatic rings. The first-order valence-electron chi connectivity index (χ1n) is 6.44. The van der Waals surface area contributed by atoms with Crippen molar-refractivity contribution in [2.24, 2.45) is 5.16 Å². The number of nitrogens with zero attached hydrogens (tertiary/aromatic N) is 1. The highest BCUT2D eigenvalue weighted by atomic mass is 19.4. The van der Waals surface area contributed by atoms with Gasteiger partial charge in [0.1, 0.15) is 12.4 Å². The Morgan fingerprint density at radius 3 is 2.18 bits per heavy atom. The Bertz CT molecular complexity index is 619. The van der Waals surface area contributed by atoms with Crippen molar-refractivity contribution in [3.63, 3.8) is 0 Å². The molecule has 2 rings (SSSR count). The van der Waals surface area contributed by atoms with Crippen LogP contribution in [0.2, 0.25) is 0 Å². The third-order valence-electron chi connectivity index (χ3n) is 2.90. The molecule has 0 aliphatic carbocycles. The van der Waals surface area contributed by atoms with E-state index in [9.17, 15) is 13.2 Å². The maximum absolute atomic E-state index is 12.4. The van der Waals surface area contributed by atoms with Crippen LogP contribution in [0, 0.1) is 0 Å². The zero-order valence-electron chi connectivity index (χ0n) is 11.8. The van der Waals surface area contributed by atoms with Gasteiger partial charge in [-0.15, -0.1) is 0 Å². The lowest BCUT2D eigenvalue weighted by molar-refractivity contribution is -0.137. The Kier molecular flexibility index (Phi) is 5.04. The minimum absolute atomic E-state index is 0.102. The normalized spacial score (nSPS) is 11.6. The fraction of sp³-hybridized carbons (Fsp3) is 0.188. The van der Waals surface area contributed by atoms with E-state index in [0.29, 0.717) is 5.56 Å². The van der Waals surface area contributed by atoms with E-state index in [2.05, 4.69) is 5.16 Å². The summed E-state index contributed by atoms with van der Waals surface area (Å²) in [5.41, 5.74) is 0.756. The lowest BCUT2D eigenvalue weighted by atomic mass is 10.1. The summed E-state index contributed by atoms with van der Waals surface area (Å²) in [4.78, 5) is 5.06. The summed E-state index contributed by atoms with van der Waals surface area (Å²) in [6.07, 6.45) is -2.81. The minimum Gasteiger partial charge on any atom is -0.497 e. The molecule has 22 heavy (non-hydrogen) atoms. The minimum atomic E-state index is -4.33. The zero-order chi connectivity index (χ0) is 16.0. The highest BCUT2D eigenvalue weighted by Crippen LogP contribution is 2.29. The molecule has 0 heterocycles. The molecule has 0 aromatic heterocycles. The number of ether oxygens (including phenoxy) is 1. The van der Waals surface area contributed by atoms with Crippen LogP contribution in [0.25, 0.3) is 0 Å². The van der Waals surface area contributed by atoms with E-state index in [1.807, 2.05) is 12.1 Å². The average molecular weight is 309 g/mol. The molecule has 116 valence electrons. The van der Waals surface area contributed by atoms with Gasteiger partial charge >= 0.3 is 6.18 Å². The van der Waals surface area contributed by atoms with Crippen LogP contribution in [0.3, 0.4) is 0 Å². The van der Waals surface area contributed by atoms with Crippen molar-refractivity contribution in [3.05, 3.63) is 65.2 Å². The summed E-state index contributed by atoms with van der Waals surface area (Å²) in [7, 11) is 1.58. The van der Waals surface area contributed by atoms with E-state index in [1.165, 1.54) is 18.3 Å². The van der Waals surface area contributed by atoms with Crippen LogP contribution in [-0.2, 0) is 17.6 Å². The molecule has 0 aliphatic rings. The Labute approximate surface area is 126 Å². The van der Waals surface area contributed by atoms with Crippen molar-refractivity contribution < 1.29 is 22.7 Å². The van der Waals surface area contributed by atoms with Gasteiger partial charge in [-0.1, -0.05) is 17.3 Å². The largest absolute Gasteiger partial charge is 0.497 e. The van der Waals surface area contributed by atoms with Gasteiger partial charge < -0.3 is 9.57 Å². The maximum Gasteiger partial charge on any atom is 0.416 e. The summed E-state index contributed by atoms with van der Waals surface area (Å²) >= 11 is 0. The van der Waals surface area contributed by atoms with Crippen molar-refractivity contribution in [3.8, 4) is 5.75 Å². The highest BCUT2D eigenvalue weighted by Gasteiger charge is 2.29. The van der Waals surface area contributed by atoms with Gasteiger partial charge in [-0.25, -0.2) is 0 Å². The van der Waals surface area contributed by atoms with Gasteiger partial charge in [-0.05, 0) is 47.5 Å². The molecule has 3 nitrogen and oxygen atoms in total. The van der Waals surface area contributed by atoms with Crippen LogP contribution >= 0.6 is 0 Å². The Morgan fingerprint density at radius 2 is 1.64 bits per heavy atom. The molecular formula is C16H14F3NO2. The molecule has 0 bridgehead atoms. The fourth-order valence-electron chi connectivity index (χ4n) is 1.69. The predicted octanol–water partition coefficient (Wildman–Crippen LogP) is 4.26. The SMILES string of the molecule is COc1ccc(C=NOCc2ccc(C(F)(F)F)cc2)cc1. The molecule has 0 spiro atoms. The first-order valence-corrected chi connectivity index (χ1v) is 6.44. The monoisotopic (exact) mass is 309 g/mol. The second-order valence-corrected chi connectivity index (χ2v) is 4.48. The molecule has 0 radical (unpaired) electrons. The highest BCUT2D eigenvalue weighted by molar-refractivity contribution is 5.79. The molecule has 0 unspecified atom stereocenters. The summed E-state index contributed by atoms with van der Waals surface area (Å²) in [5, 5.41) is 3.78. The summed E-state index contributed by atoms with van der Waals surface area (Å²) in [5.74, 6) is 0.739. The van der Waals surface area contributed by atoms with Crippen molar-refractivity contribution in [1.82, 2.24) is 0 Å². The van der Waals surface area contributed by atoms with E-state index in [0.717, 1.165) is 23.4 Å². The lowest BCUT2D eigenvalue weighted by Crippen LogP contribution is -2.04. The Hall–Kier alpha value is -2.50. The van der Waals surface area contributed by atoms with Crippen LogP contribution in [0.4, 0.5) is 13.2 Å². The van der Waals surface area contributed by atoms with E-state index in [4.69, 9.17) is 9.57 Å². The molecular weight excluding hydrogens is 295 g/mol. The van der Waals surface area contributed by atoms with Gasteiger partial charge in [0.2, 0.25) is 0 Å². The standard InChI is InChI=1S/C16H14F3NO2/c1-21-15-8-4-12(5-9-15)10-20-22-11-13-2-6-14(7-3-13)16(17,18)19/h2-10H,11H2,1H3. The number of benzene rings is 2. The zero-order valence-corrected chi connectivity index (χ0v) is 11.8. The first-order chi connectivity index (χ1) is 10.5. The van der Waals surface area contributed by atoms with E-state index in [-0.39, 0.29) is 6.61 Å². The second kappa shape index (κ2) is 6.98. The molecule has 0 fully saturated rings. The summed E-state index contributed by atoms with van der Waals surface area (Å²) in [6, 6.07) is 12.0. The van der Waals surface area contributed by atoms with Crippen LogP contribution in [0.1, 0.15) is 16.7 Å². The number of alkyl halides is 3. The number of hydrogen-bond donors (Lipinski definition) is 0. The topological polar surface area (TPSA) is 30.8 Å². The van der Waals surface area contributed by atoms with Crippen molar-refractivity contribution >= 4 is 6.21 Å². The molecule has 0 aliphatic heterocycles. The van der Waals surface area contributed by atoms with Crippen LogP contribution in [0.15, 0.2) is 53.7 Å². The first kappa shape index (κ1) is 15.9. The van der Waals surface area contributed by atoms with Gasteiger partial charge in [0, 0.05) is 0 Å². The van der Waals surface area contributed by atoms with E-state index >= 15 is 0 Å². The number of hydrogen-bond acceptors (Lipinski definition) is 3. The molecule has 0 N–H and O–H groups in total. The second-order valence-electron chi connectivity index (χ2n) is 4.48. The Morgan fingerprint density at radius 1 is 1.00 bits per heavy atom. The van der Waals surface area contributed by atoms with Gasteiger partial charge in [-0.3, -0.25) is 0 Å². The molecule has 0 saturated heterocycles. The van der Waals surface area contributed by atoms with Crippen LogP contribution in [0.5, 0.6) is 5.75 Å². The third-order valence-corrected chi connectivity index (χ3v) is 2.90. The quantitative estimate of drug-likeness (QED) is 0.610. The lowest BCUT2D eigenvalue weighted by Gasteiger charge is -2.06. The average Bonchev–Trinajstić information content (AvgIpc) is 2.52. The molecule has 2 aromatic carbocycles. The third kappa shape index (κ3) is 4.51. The maximum atomic E-state index is 12.4. The molecule has 6 heteroatoms. The van der Waals surface area contributed by atoms with Crippen LogP contribution in [-0.4, -0.2) is 13.3 Å². The van der Waals surface area contributed by atoms with Gasteiger partial charge in [-0.2, -0.15) is 13.2 Å². The Balaban J connectivity index is 1.86. The number of rotatable bonds is 5. The van der Waals surface area contributed by atoms with Crippen molar-refractivity contribution in [2.75, 3.05) is 7.11 Å². The van der Waals surface area contributed by atoms with Gasteiger partial charge in [0.15, 0.2) is 0 Å². The molecule has 0 atom stereocenters. The molecule has 0 saturated carbocycles. The van der Waals surface area contributed by atoms with Crippen LogP contribution < -0.4 is 4.74 Å². The number of halogens is 3. The van der Waals surface area contributed by atoms with Crippen molar-refractivity contribution in [2.45, 2.75) is 12.8 Å². The predicted molar refractivity (Wildman–Crippen MR) is 76.8 cm³/mol. The molecule has 0 amide bonds. The van der Waals surface area contributed by atoms with Gasteiger partial charge in [0.25, 0.3) is 0 Å². The number of methoxy groups -OCH3 is 1. The van der Waals surface area contributed by atoms with Gasteiger partial charge in [0.05, 0.1) is 18.9 Å². The summed E-state index contributed by atoms with van der Waals surface area (Å²) in [6.45, 7) is 0.102. The van der Waals surface area contributed by atoms with Crippen molar-refractivity contribution in [1.29, 1.82) is 0 Å². The fourth-order valence-corrected chi connectivity index (χ4v) is 1.69. The number of oxime groups is 1.